The molecule has 0 N–H and O–H groups in total. The molecule has 5 nitrogen and oxygen atoms in total. The molecule has 0 saturated carbocycles. The lowest BCUT2D eigenvalue weighted by Crippen LogP contribution is -2.25. The van der Waals surface area contributed by atoms with E-state index < -0.39 is 0 Å². The first-order valence-corrected chi connectivity index (χ1v) is 26.6. The summed E-state index contributed by atoms with van der Waals surface area (Å²) >= 11 is 0. The van der Waals surface area contributed by atoms with Gasteiger partial charge in [0.15, 0.2) is 0 Å². The van der Waals surface area contributed by atoms with Crippen molar-refractivity contribution in [2.45, 2.75) is 105 Å². The topological polar surface area (TPSA) is 33.5 Å². The van der Waals surface area contributed by atoms with E-state index in [1.54, 1.807) is 0 Å². The van der Waals surface area contributed by atoms with Crippen molar-refractivity contribution in [1.82, 2.24) is 9.55 Å². The zero-order chi connectivity index (χ0) is 52.6. The van der Waals surface area contributed by atoms with Gasteiger partial charge in [-0.25, -0.2) is 4.98 Å². The summed E-state index contributed by atoms with van der Waals surface area (Å²) in [6, 6.07) is 68.6. The number of fused-ring (bicyclic) bond motifs is 4. The number of pyridine rings is 1. The molecule has 0 amide bonds. The molecule has 3 heterocycles. The largest absolute Gasteiger partial charge is 0.457 e. The molecule has 0 bridgehead atoms. The lowest BCUT2D eigenvalue weighted by molar-refractivity contribution is 0.483. The molecule has 0 unspecified atom stereocenters. The molecular formula is C70H70N4O. The van der Waals surface area contributed by atoms with Gasteiger partial charge >= 0.3 is 0 Å². The van der Waals surface area contributed by atoms with Crippen LogP contribution in [0.3, 0.4) is 0 Å². The van der Waals surface area contributed by atoms with Crippen molar-refractivity contribution in [3.63, 3.8) is 0 Å². The molecule has 8 aromatic carbocycles. The minimum absolute atomic E-state index is 0.0266. The fourth-order valence-electron chi connectivity index (χ4n) is 10.8. The second kappa shape index (κ2) is 18.5. The average Bonchev–Trinajstić information content (AvgIpc) is 3.96. The lowest BCUT2D eigenvalue weighted by atomic mass is 9.80. The van der Waals surface area contributed by atoms with Crippen LogP contribution in [-0.4, -0.2) is 16.2 Å². The lowest BCUT2D eigenvalue weighted by Gasteiger charge is -2.30. The van der Waals surface area contributed by atoms with Crippen LogP contribution in [0.25, 0.3) is 61.0 Å². The average molecular weight is 983 g/mol. The smallest absolute Gasteiger partial charge is 0.137 e. The van der Waals surface area contributed by atoms with Gasteiger partial charge in [0.25, 0.3) is 0 Å². The summed E-state index contributed by atoms with van der Waals surface area (Å²) in [5.41, 5.74) is 18.9. The standard InChI is InChI=1S/C70H70N4O/c1-67(2,3)50-32-29-48(30-33-50)60-44-71-65(43-61(60)70(10,11)12)74-62-36-31-49(46-21-15-13-16-22-46)37-59(62)58-35-34-56(42-64(58)74)75-55-26-19-25-53(41-55)72-45-73(54-39-51(68(4,5)6)38-52(40-54)69(7,8)9)66-57(27-20-28-63(66)72)47-23-17-14-18-24-47/h13-44H,45H2,1-12H3. The molecule has 376 valence electrons. The highest BCUT2D eigenvalue weighted by Gasteiger charge is 2.33. The van der Waals surface area contributed by atoms with Crippen LogP contribution < -0.4 is 14.5 Å². The predicted octanol–water partition coefficient (Wildman–Crippen LogP) is 19.4. The second-order valence-corrected chi connectivity index (χ2v) is 24.7. The Balaban J connectivity index is 1.01. The van der Waals surface area contributed by atoms with Crippen molar-refractivity contribution in [1.29, 1.82) is 0 Å². The van der Waals surface area contributed by atoms with E-state index in [2.05, 4.69) is 292 Å². The molecule has 0 saturated heterocycles. The van der Waals surface area contributed by atoms with Gasteiger partial charge in [0.1, 0.15) is 24.0 Å². The van der Waals surface area contributed by atoms with Crippen LogP contribution in [0.1, 0.15) is 105 Å². The molecule has 75 heavy (non-hydrogen) atoms. The Hall–Kier alpha value is -7.89. The van der Waals surface area contributed by atoms with Crippen LogP contribution in [0, 0.1) is 0 Å². The van der Waals surface area contributed by atoms with E-state index >= 15 is 0 Å². The van der Waals surface area contributed by atoms with E-state index in [9.17, 15) is 0 Å². The van der Waals surface area contributed by atoms with E-state index in [0.29, 0.717) is 6.67 Å². The van der Waals surface area contributed by atoms with Crippen molar-refractivity contribution in [2.24, 2.45) is 0 Å². The summed E-state index contributed by atoms with van der Waals surface area (Å²) in [5.74, 6) is 2.39. The molecule has 1 aliphatic heterocycles. The highest BCUT2D eigenvalue weighted by atomic mass is 16.5. The Labute approximate surface area is 445 Å². The van der Waals surface area contributed by atoms with Gasteiger partial charge in [-0.1, -0.05) is 198 Å². The number of aromatic nitrogens is 2. The Morgan fingerprint density at radius 1 is 0.400 bits per heavy atom. The van der Waals surface area contributed by atoms with E-state index in [4.69, 9.17) is 9.72 Å². The molecular weight excluding hydrogens is 913 g/mol. The quantitative estimate of drug-likeness (QED) is 0.152. The normalized spacial score (nSPS) is 13.2. The third kappa shape index (κ3) is 9.50. The number of benzene rings is 8. The Morgan fingerprint density at radius 2 is 1.01 bits per heavy atom. The van der Waals surface area contributed by atoms with Crippen LogP contribution >= 0.6 is 0 Å². The van der Waals surface area contributed by atoms with Crippen LogP contribution in [0.5, 0.6) is 11.5 Å². The Kier molecular flexibility index (Phi) is 12.2. The first-order chi connectivity index (χ1) is 35.7. The van der Waals surface area contributed by atoms with Crippen molar-refractivity contribution < 1.29 is 4.74 Å². The molecule has 0 spiro atoms. The van der Waals surface area contributed by atoms with Gasteiger partial charge in [-0.05, 0) is 127 Å². The molecule has 0 atom stereocenters. The third-order valence-corrected chi connectivity index (χ3v) is 15.1. The van der Waals surface area contributed by atoms with Gasteiger partial charge in [-0.2, -0.15) is 0 Å². The second-order valence-electron chi connectivity index (χ2n) is 24.7. The number of nitrogens with zero attached hydrogens (tertiary/aromatic N) is 4. The number of rotatable bonds is 8. The number of hydrogen-bond donors (Lipinski definition) is 0. The molecule has 5 heteroatoms. The van der Waals surface area contributed by atoms with E-state index in [1.807, 2.05) is 0 Å². The number of ether oxygens (including phenoxy) is 1. The van der Waals surface area contributed by atoms with Crippen molar-refractivity contribution >= 4 is 44.6 Å². The van der Waals surface area contributed by atoms with Gasteiger partial charge in [0, 0.05) is 51.6 Å². The van der Waals surface area contributed by atoms with Gasteiger partial charge < -0.3 is 14.5 Å². The zero-order valence-corrected chi connectivity index (χ0v) is 45.9. The summed E-state index contributed by atoms with van der Waals surface area (Å²) in [4.78, 5) is 10.3. The fourth-order valence-corrected chi connectivity index (χ4v) is 10.8. The predicted molar refractivity (Wildman–Crippen MR) is 318 cm³/mol. The van der Waals surface area contributed by atoms with Gasteiger partial charge in [-0.15, -0.1) is 0 Å². The molecule has 11 rings (SSSR count). The van der Waals surface area contributed by atoms with Gasteiger partial charge in [0.05, 0.1) is 22.4 Å². The fraction of sp³-hybridized carbons (Fsp3) is 0.243. The van der Waals surface area contributed by atoms with Crippen LogP contribution in [0.15, 0.2) is 194 Å². The van der Waals surface area contributed by atoms with Gasteiger partial charge in [0.2, 0.25) is 0 Å². The van der Waals surface area contributed by atoms with Crippen LogP contribution in [0.2, 0.25) is 0 Å². The van der Waals surface area contributed by atoms with Gasteiger partial charge in [-0.3, -0.25) is 4.57 Å². The van der Waals surface area contributed by atoms with E-state index in [-0.39, 0.29) is 21.7 Å². The summed E-state index contributed by atoms with van der Waals surface area (Å²) < 4.78 is 9.30. The number of para-hydroxylation sites is 1. The summed E-state index contributed by atoms with van der Waals surface area (Å²) in [7, 11) is 0. The molecule has 2 aromatic heterocycles. The molecule has 0 fully saturated rings. The van der Waals surface area contributed by atoms with Crippen molar-refractivity contribution in [3.05, 3.63) is 217 Å². The van der Waals surface area contributed by atoms with Crippen LogP contribution in [-0.2, 0) is 21.7 Å². The van der Waals surface area contributed by atoms with Crippen molar-refractivity contribution in [3.8, 4) is 50.7 Å². The summed E-state index contributed by atoms with van der Waals surface area (Å²) in [5, 5.41) is 2.30. The maximum atomic E-state index is 6.98. The number of hydrogen-bond acceptors (Lipinski definition) is 4. The monoisotopic (exact) mass is 983 g/mol. The van der Waals surface area contributed by atoms with E-state index in [1.165, 1.54) is 61.4 Å². The van der Waals surface area contributed by atoms with Crippen LogP contribution in [0.4, 0.5) is 22.7 Å². The minimum Gasteiger partial charge on any atom is -0.457 e. The zero-order valence-electron chi connectivity index (χ0n) is 45.9. The SMILES string of the molecule is CC(C)(C)c1ccc(-c2cnc(-n3c4ccc(-c5ccccc5)cc4c4ccc(Oc5cccc(N6CN(c7cc(C(C)(C)C)cc(C(C)(C)C)c7)c7c(-c8ccccc8)cccc76)c5)cc43)cc2C(C)(C)C)cc1. The molecule has 10 aromatic rings. The summed E-state index contributed by atoms with van der Waals surface area (Å²) in [6.45, 7) is 28.2. The molecule has 0 radical (unpaired) electrons. The first-order valence-electron chi connectivity index (χ1n) is 26.6. The number of anilines is 4. The minimum atomic E-state index is -0.157. The van der Waals surface area contributed by atoms with Crippen molar-refractivity contribution in [2.75, 3.05) is 16.5 Å². The van der Waals surface area contributed by atoms with E-state index in [0.717, 1.165) is 56.1 Å². The Bertz CT molecular complexity index is 3710. The maximum absolute atomic E-state index is 6.98. The molecule has 0 aliphatic carbocycles. The Morgan fingerprint density at radius 3 is 1.67 bits per heavy atom. The first kappa shape index (κ1) is 49.3. The third-order valence-electron chi connectivity index (χ3n) is 15.1. The highest BCUT2D eigenvalue weighted by Crippen LogP contribution is 2.51. The molecule has 1 aliphatic rings. The highest BCUT2D eigenvalue weighted by molar-refractivity contribution is 6.11. The maximum Gasteiger partial charge on any atom is 0.137 e. The summed E-state index contributed by atoms with van der Waals surface area (Å²) in [6.07, 6.45) is 2.08.